The van der Waals surface area contributed by atoms with E-state index in [0.29, 0.717) is 10.7 Å². The number of amides is 1. The van der Waals surface area contributed by atoms with E-state index in [0.717, 1.165) is 36.1 Å². The molecule has 0 radical (unpaired) electrons. The van der Waals surface area contributed by atoms with E-state index in [1.165, 1.54) is 11.3 Å². The molecule has 1 aromatic carbocycles. The Labute approximate surface area is 120 Å². The summed E-state index contributed by atoms with van der Waals surface area (Å²) >= 11 is 7.72. The Bertz CT molecular complexity index is 607. The number of carbonyl (C=O) groups is 1. The smallest absolute Gasteiger partial charge is 0.228 e. The van der Waals surface area contributed by atoms with Crippen molar-refractivity contribution in [1.82, 2.24) is 10.3 Å². The van der Waals surface area contributed by atoms with Gasteiger partial charge in [0.15, 0.2) is 0 Å². The summed E-state index contributed by atoms with van der Waals surface area (Å²) in [6.45, 7) is 1.72. The molecule has 0 aliphatic carbocycles. The van der Waals surface area contributed by atoms with Gasteiger partial charge in [-0.3, -0.25) is 4.79 Å². The second-order valence-corrected chi connectivity index (χ2v) is 5.95. The molecule has 0 saturated carbocycles. The molecule has 1 saturated heterocycles. The quantitative estimate of drug-likeness (QED) is 0.896. The lowest BCUT2D eigenvalue weighted by Gasteiger charge is -2.22. The Morgan fingerprint density at radius 3 is 3.21 bits per heavy atom. The first-order chi connectivity index (χ1) is 9.25. The molecule has 2 heterocycles. The minimum Gasteiger partial charge on any atom is -0.323 e. The lowest BCUT2D eigenvalue weighted by atomic mass is 9.99. The van der Waals surface area contributed by atoms with Crippen LogP contribution in [0.3, 0.4) is 0 Å². The zero-order valence-electron chi connectivity index (χ0n) is 10.3. The second kappa shape index (κ2) is 5.45. The van der Waals surface area contributed by atoms with Crippen molar-refractivity contribution in [2.75, 3.05) is 18.4 Å². The van der Waals surface area contributed by atoms with Crippen molar-refractivity contribution in [3.8, 4) is 0 Å². The van der Waals surface area contributed by atoms with Crippen molar-refractivity contribution in [3.05, 3.63) is 22.7 Å². The molecule has 4 nitrogen and oxygen atoms in total. The fourth-order valence-electron chi connectivity index (χ4n) is 2.33. The van der Waals surface area contributed by atoms with E-state index < -0.39 is 0 Å². The molecule has 2 aromatic rings. The van der Waals surface area contributed by atoms with Gasteiger partial charge in [0.25, 0.3) is 0 Å². The molecule has 1 aromatic heterocycles. The molecule has 0 bridgehead atoms. The highest BCUT2D eigenvalue weighted by atomic mass is 35.5. The Hall–Kier alpha value is -1.17. The molecule has 1 amide bonds. The largest absolute Gasteiger partial charge is 0.323 e. The van der Waals surface area contributed by atoms with Crippen molar-refractivity contribution < 1.29 is 4.79 Å². The predicted molar refractivity (Wildman–Crippen MR) is 78.9 cm³/mol. The Morgan fingerprint density at radius 1 is 1.53 bits per heavy atom. The highest BCUT2D eigenvalue weighted by Gasteiger charge is 2.22. The molecule has 6 heteroatoms. The normalized spacial score (nSPS) is 19.5. The van der Waals surface area contributed by atoms with Gasteiger partial charge in [-0.15, -0.1) is 11.3 Å². The summed E-state index contributed by atoms with van der Waals surface area (Å²) in [5.41, 5.74) is 3.17. The van der Waals surface area contributed by atoms with Crippen LogP contribution in [0.1, 0.15) is 12.8 Å². The third-order valence-electron chi connectivity index (χ3n) is 3.37. The van der Waals surface area contributed by atoms with Crippen LogP contribution in [-0.2, 0) is 4.79 Å². The van der Waals surface area contributed by atoms with Crippen LogP contribution in [0.2, 0.25) is 5.02 Å². The SMILES string of the molecule is O=C(Nc1c(Cl)ccc2scnc12)[C@@H]1CCCNC1. The van der Waals surface area contributed by atoms with Gasteiger partial charge in [0.2, 0.25) is 5.91 Å². The number of hydrogen-bond acceptors (Lipinski definition) is 4. The van der Waals surface area contributed by atoms with Gasteiger partial charge in [-0.25, -0.2) is 4.98 Å². The van der Waals surface area contributed by atoms with Crippen molar-refractivity contribution in [1.29, 1.82) is 0 Å². The number of thiazole rings is 1. The maximum atomic E-state index is 12.3. The zero-order chi connectivity index (χ0) is 13.2. The van der Waals surface area contributed by atoms with Crippen LogP contribution < -0.4 is 10.6 Å². The maximum absolute atomic E-state index is 12.3. The number of halogens is 1. The molecule has 1 atom stereocenters. The first-order valence-electron chi connectivity index (χ1n) is 6.29. The van der Waals surface area contributed by atoms with Crippen LogP contribution in [0.25, 0.3) is 10.2 Å². The predicted octanol–water partition coefficient (Wildman–Crippen LogP) is 2.89. The number of carbonyl (C=O) groups excluding carboxylic acids is 1. The molecule has 3 rings (SSSR count). The first-order valence-corrected chi connectivity index (χ1v) is 7.55. The van der Waals surface area contributed by atoms with Crippen LogP contribution >= 0.6 is 22.9 Å². The zero-order valence-corrected chi connectivity index (χ0v) is 11.9. The van der Waals surface area contributed by atoms with Gasteiger partial charge in [0.1, 0.15) is 5.52 Å². The van der Waals surface area contributed by atoms with Crippen LogP contribution in [0.4, 0.5) is 5.69 Å². The minimum absolute atomic E-state index is 0.0127. The number of hydrogen-bond donors (Lipinski definition) is 2. The Balaban J connectivity index is 1.86. The average Bonchev–Trinajstić information content (AvgIpc) is 2.91. The Morgan fingerprint density at radius 2 is 2.42 bits per heavy atom. The van der Waals surface area contributed by atoms with Crippen LogP contribution in [-0.4, -0.2) is 24.0 Å². The van der Waals surface area contributed by atoms with Crippen LogP contribution in [0.15, 0.2) is 17.6 Å². The van der Waals surface area contributed by atoms with Gasteiger partial charge in [-0.05, 0) is 31.5 Å². The summed E-state index contributed by atoms with van der Waals surface area (Å²) in [5, 5.41) is 6.72. The van der Waals surface area contributed by atoms with E-state index in [-0.39, 0.29) is 11.8 Å². The van der Waals surface area contributed by atoms with Crippen molar-refractivity contribution in [2.24, 2.45) is 5.92 Å². The molecule has 0 spiro atoms. The fraction of sp³-hybridized carbons (Fsp3) is 0.385. The van der Waals surface area contributed by atoms with E-state index in [1.807, 2.05) is 6.07 Å². The van der Waals surface area contributed by atoms with Crippen molar-refractivity contribution >= 4 is 44.7 Å². The van der Waals surface area contributed by atoms with E-state index in [9.17, 15) is 4.79 Å². The van der Waals surface area contributed by atoms with E-state index >= 15 is 0 Å². The van der Waals surface area contributed by atoms with Gasteiger partial charge in [0.05, 0.1) is 26.8 Å². The molecule has 19 heavy (non-hydrogen) atoms. The summed E-state index contributed by atoms with van der Waals surface area (Å²) in [4.78, 5) is 16.5. The van der Waals surface area contributed by atoms with E-state index in [2.05, 4.69) is 15.6 Å². The van der Waals surface area contributed by atoms with Crippen LogP contribution in [0, 0.1) is 5.92 Å². The van der Waals surface area contributed by atoms with Crippen LogP contribution in [0.5, 0.6) is 0 Å². The maximum Gasteiger partial charge on any atom is 0.228 e. The van der Waals surface area contributed by atoms with Gasteiger partial charge >= 0.3 is 0 Å². The summed E-state index contributed by atoms with van der Waals surface area (Å²) in [6.07, 6.45) is 1.95. The fourth-order valence-corrected chi connectivity index (χ4v) is 3.21. The lowest BCUT2D eigenvalue weighted by molar-refractivity contribution is -0.120. The summed E-state index contributed by atoms with van der Waals surface area (Å²) in [5.74, 6) is 0.0355. The molecule has 1 fully saturated rings. The molecule has 100 valence electrons. The van der Waals surface area contributed by atoms with Crippen molar-refractivity contribution in [3.63, 3.8) is 0 Å². The molecule has 1 aliphatic heterocycles. The topological polar surface area (TPSA) is 54.0 Å². The number of anilines is 1. The third-order valence-corrected chi connectivity index (χ3v) is 4.48. The highest BCUT2D eigenvalue weighted by Crippen LogP contribution is 2.32. The summed E-state index contributed by atoms with van der Waals surface area (Å²) in [7, 11) is 0. The van der Waals surface area contributed by atoms with Gasteiger partial charge in [0, 0.05) is 6.54 Å². The molecule has 2 N–H and O–H groups in total. The summed E-state index contributed by atoms with van der Waals surface area (Å²) in [6, 6.07) is 3.73. The minimum atomic E-state index is 0.0127. The number of fused-ring (bicyclic) bond motifs is 1. The first kappa shape index (κ1) is 12.8. The van der Waals surface area contributed by atoms with Gasteiger partial charge < -0.3 is 10.6 Å². The number of rotatable bonds is 2. The van der Waals surface area contributed by atoms with Gasteiger partial charge in [-0.2, -0.15) is 0 Å². The molecular formula is C13H14ClN3OS. The standard InChI is InChI=1S/C13H14ClN3OS/c14-9-3-4-10-12(16-7-19-10)11(9)17-13(18)8-2-1-5-15-6-8/h3-4,7-8,15H,1-2,5-6H2,(H,17,18)/t8-/m1/s1. The number of benzene rings is 1. The van der Waals surface area contributed by atoms with E-state index in [4.69, 9.17) is 11.6 Å². The Kier molecular flexibility index (Phi) is 3.68. The van der Waals surface area contributed by atoms with E-state index in [1.54, 1.807) is 11.6 Å². The summed E-state index contributed by atoms with van der Waals surface area (Å²) < 4.78 is 1.03. The third kappa shape index (κ3) is 2.59. The number of aromatic nitrogens is 1. The second-order valence-electron chi connectivity index (χ2n) is 4.65. The number of piperidine rings is 1. The van der Waals surface area contributed by atoms with Gasteiger partial charge in [-0.1, -0.05) is 11.6 Å². The molecular weight excluding hydrogens is 282 g/mol. The molecule has 0 unspecified atom stereocenters. The lowest BCUT2D eigenvalue weighted by Crippen LogP contribution is -2.37. The average molecular weight is 296 g/mol. The van der Waals surface area contributed by atoms with Crippen molar-refractivity contribution in [2.45, 2.75) is 12.8 Å². The number of nitrogens with zero attached hydrogens (tertiary/aromatic N) is 1. The molecule has 1 aliphatic rings. The number of nitrogens with one attached hydrogen (secondary N) is 2. The monoisotopic (exact) mass is 295 g/mol. The highest BCUT2D eigenvalue weighted by molar-refractivity contribution is 7.16.